The van der Waals surface area contributed by atoms with Crippen LogP contribution in [-0.2, 0) is 19.1 Å². The molecule has 2 amide bonds. The van der Waals surface area contributed by atoms with E-state index in [0.717, 1.165) is 25.7 Å². The third-order valence-electron chi connectivity index (χ3n) is 6.45. The lowest BCUT2D eigenvalue weighted by atomic mass is 9.98. The molecule has 0 spiro atoms. The lowest BCUT2D eigenvalue weighted by molar-refractivity contribution is -0.236. The average molecular weight is 525 g/mol. The number of unbranched alkanes of at least 4 members (excludes halogenated alkanes) is 5. The van der Waals surface area contributed by atoms with Gasteiger partial charge in [-0.05, 0) is 12.8 Å². The molecule has 210 valence electrons. The largest absolute Gasteiger partial charge is 0.394 e. The van der Waals surface area contributed by atoms with Crippen molar-refractivity contribution in [2.24, 2.45) is 0 Å². The number of rotatable bonds is 13. The van der Waals surface area contributed by atoms with Crippen LogP contribution in [0.15, 0.2) is 0 Å². The lowest BCUT2D eigenvalue weighted by Crippen LogP contribution is -2.63. The van der Waals surface area contributed by atoms with Gasteiger partial charge in [0.2, 0.25) is 11.8 Å². The molecule has 14 nitrogen and oxygen atoms in total. The van der Waals surface area contributed by atoms with Gasteiger partial charge in [0.05, 0.1) is 13.2 Å². The molecule has 0 unspecified atom stereocenters. The molecule has 0 saturated carbocycles. The molecule has 2 saturated heterocycles. The molecule has 0 aromatic carbocycles. The van der Waals surface area contributed by atoms with Crippen molar-refractivity contribution in [2.45, 2.75) is 113 Å². The SMILES string of the molecule is O=C(CCCCCCCCC(=O)N[C@@H]1O[C@H](CO)[C@@H](O)[C@H](O)[C@H]1O)N[C@@H]1O[C@H](CO)[C@@H](O)[C@H](O)[C@H]1O. The number of carbonyl (C=O) groups is 2. The minimum Gasteiger partial charge on any atom is -0.394 e. The average Bonchev–Trinajstić information content (AvgIpc) is 2.86. The van der Waals surface area contributed by atoms with E-state index in [1.165, 1.54) is 0 Å². The van der Waals surface area contributed by atoms with Crippen molar-refractivity contribution in [1.29, 1.82) is 0 Å². The van der Waals surface area contributed by atoms with Crippen LogP contribution in [0.25, 0.3) is 0 Å². The first-order chi connectivity index (χ1) is 17.1. The van der Waals surface area contributed by atoms with Crippen LogP contribution in [0.1, 0.15) is 51.4 Å². The first-order valence-electron chi connectivity index (χ1n) is 12.3. The van der Waals surface area contributed by atoms with Gasteiger partial charge in [0.25, 0.3) is 0 Å². The number of aliphatic hydroxyl groups is 8. The Hall–Kier alpha value is -1.46. The molecule has 2 rings (SSSR count). The van der Waals surface area contributed by atoms with Gasteiger partial charge in [-0.1, -0.05) is 25.7 Å². The molecule has 14 heteroatoms. The lowest BCUT2D eigenvalue weighted by Gasteiger charge is -2.40. The first kappa shape index (κ1) is 30.8. The highest BCUT2D eigenvalue weighted by Gasteiger charge is 2.44. The summed E-state index contributed by atoms with van der Waals surface area (Å²) in [6.07, 6.45) is -9.18. The zero-order valence-electron chi connectivity index (χ0n) is 20.1. The summed E-state index contributed by atoms with van der Waals surface area (Å²) in [4.78, 5) is 24.2. The highest BCUT2D eigenvalue weighted by Crippen LogP contribution is 2.21. The van der Waals surface area contributed by atoms with Gasteiger partial charge in [-0.15, -0.1) is 0 Å². The van der Waals surface area contributed by atoms with E-state index in [-0.39, 0.29) is 12.8 Å². The predicted molar refractivity (Wildman–Crippen MR) is 121 cm³/mol. The van der Waals surface area contributed by atoms with Gasteiger partial charge >= 0.3 is 0 Å². The van der Waals surface area contributed by atoms with Crippen molar-refractivity contribution in [1.82, 2.24) is 10.6 Å². The Kier molecular flexibility index (Phi) is 12.9. The Morgan fingerprint density at radius 2 is 0.861 bits per heavy atom. The van der Waals surface area contributed by atoms with Crippen LogP contribution >= 0.6 is 0 Å². The van der Waals surface area contributed by atoms with Crippen LogP contribution < -0.4 is 10.6 Å². The van der Waals surface area contributed by atoms with Crippen molar-refractivity contribution < 1.29 is 59.9 Å². The van der Waals surface area contributed by atoms with Crippen molar-refractivity contribution in [2.75, 3.05) is 13.2 Å². The molecular formula is C22H40N2O12. The zero-order valence-corrected chi connectivity index (χ0v) is 20.1. The van der Waals surface area contributed by atoms with Crippen LogP contribution in [0, 0.1) is 0 Å². The van der Waals surface area contributed by atoms with Gasteiger partial charge in [0, 0.05) is 12.8 Å². The maximum Gasteiger partial charge on any atom is 0.222 e. The molecule has 10 N–H and O–H groups in total. The minimum atomic E-state index is -1.56. The van der Waals surface area contributed by atoms with Crippen molar-refractivity contribution >= 4 is 11.8 Å². The molecule has 2 aliphatic heterocycles. The third-order valence-corrected chi connectivity index (χ3v) is 6.45. The summed E-state index contributed by atoms with van der Waals surface area (Å²) in [5, 5.41) is 82.1. The van der Waals surface area contributed by atoms with Gasteiger partial charge in [-0.25, -0.2) is 0 Å². The highest BCUT2D eigenvalue weighted by molar-refractivity contribution is 5.76. The summed E-state index contributed by atoms with van der Waals surface area (Å²) in [6.45, 7) is -1.15. The predicted octanol–water partition coefficient (Wildman–Crippen LogP) is -4.06. The van der Waals surface area contributed by atoms with Crippen LogP contribution in [-0.4, -0.2) is 127 Å². The fourth-order valence-electron chi connectivity index (χ4n) is 4.18. The van der Waals surface area contributed by atoms with E-state index in [1.54, 1.807) is 0 Å². The normalized spacial score (nSPS) is 36.9. The van der Waals surface area contributed by atoms with E-state index in [4.69, 9.17) is 9.47 Å². The molecule has 2 fully saturated rings. The number of carbonyl (C=O) groups excluding carboxylic acids is 2. The number of aliphatic hydroxyl groups excluding tert-OH is 8. The second-order valence-electron chi connectivity index (χ2n) is 9.26. The van der Waals surface area contributed by atoms with E-state index in [9.17, 15) is 50.4 Å². The zero-order chi connectivity index (χ0) is 26.8. The Morgan fingerprint density at radius 3 is 1.19 bits per heavy atom. The summed E-state index contributed by atoms with van der Waals surface area (Å²) in [5.41, 5.74) is 0. The fourth-order valence-corrected chi connectivity index (χ4v) is 4.18. The summed E-state index contributed by atoms with van der Waals surface area (Å²) < 4.78 is 10.5. The van der Waals surface area contributed by atoms with E-state index < -0.39 is 86.3 Å². The van der Waals surface area contributed by atoms with E-state index >= 15 is 0 Å². The van der Waals surface area contributed by atoms with Gasteiger partial charge in [0.1, 0.15) is 48.8 Å². The monoisotopic (exact) mass is 524 g/mol. The van der Waals surface area contributed by atoms with E-state index in [2.05, 4.69) is 10.6 Å². The maximum absolute atomic E-state index is 12.1. The van der Waals surface area contributed by atoms with Gasteiger partial charge in [-0.3, -0.25) is 9.59 Å². The molecule has 0 aliphatic carbocycles. The minimum absolute atomic E-state index is 0.163. The first-order valence-corrected chi connectivity index (χ1v) is 12.3. The third kappa shape index (κ3) is 8.55. The Balaban J connectivity index is 1.54. The number of hydrogen-bond acceptors (Lipinski definition) is 12. The molecule has 10 atom stereocenters. The summed E-state index contributed by atoms with van der Waals surface area (Å²) in [7, 11) is 0. The quantitative estimate of drug-likeness (QED) is 0.104. The molecule has 0 bridgehead atoms. The van der Waals surface area contributed by atoms with Crippen LogP contribution in [0.4, 0.5) is 0 Å². The second kappa shape index (κ2) is 15.1. The smallest absolute Gasteiger partial charge is 0.222 e. The standard InChI is InChI=1S/C22H40N2O12/c25-9-11-15(29)17(31)19(33)21(35-11)23-13(27)7-5-3-1-2-4-6-8-14(28)24-22-20(34)18(32)16(30)12(10-26)36-22/h11-12,15-22,25-26,29-34H,1-10H2,(H,23,27)(H,24,28)/t11-,12-,15-,16-,17+,18+,19-,20-,21-,22-/m1/s1. The molecule has 0 aromatic rings. The van der Waals surface area contributed by atoms with Gasteiger partial charge in [0.15, 0.2) is 12.5 Å². The number of hydrogen-bond donors (Lipinski definition) is 10. The second-order valence-corrected chi connectivity index (χ2v) is 9.26. The molecular weight excluding hydrogens is 484 g/mol. The Bertz CT molecular complexity index is 625. The van der Waals surface area contributed by atoms with Crippen molar-refractivity contribution in [3.05, 3.63) is 0 Å². The molecule has 0 aromatic heterocycles. The number of nitrogens with one attached hydrogen (secondary N) is 2. The van der Waals surface area contributed by atoms with Gasteiger partial charge < -0.3 is 61.0 Å². The number of ether oxygens (including phenoxy) is 2. The van der Waals surface area contributed by atoms with Crippen LogP contribution in [0.5, 0.6) is 0 Å². The summed E-state index contributed by atoms with van der Waals surface area (Å²) >= 11 is 0. The summed E-state index contributed by atoms with van der Waals surface area (Å²) in [6, 6.07) is 0. The maximum atomic E-state index is 12.1. The summed E-state index contributed by atoms with van der Waals surface area (Å²) in [5.74, 6) is -0.798. The molecule has 2 aliphatic rings. The van der Waals surface area contributed by atoms with Gasteiger partial charge in [-0.2, -0.15) is 0 Å². The molecule has 0 radical (unpaired) electrons. The van der Waals surface area contributed by atoms with E-state index in [1.807, 2.05) is 0 Å². The Morgan fingerprint density at radius 1 is 0.528 bits per heavy atom. The Labute approximate surface area is 208 Å². The fraction of sp³-hybridized carbons (Fsp3) is 0.909. The molecule has 36 heavy (non-hydrogen) atoms. The number of amides is 2. The van der Waals surface area contributed by atoms with E-state index in [0.29, 0.717) is 12.8 Å². The highest BCUT2D eigenvalue weighted by atomic mass is 16.6. The van der Waals surface area contributed by atoms with Crippen LogP contribution in [0.2, 0.25) is 0 Å². The molecule has 2 heterocycles. The van der Waals surface area contributed by atoms with Crippen molar-refractivity contribution in [3.8, 4) is 0 Å². The topological polar surface area (TPSA) is 238 Å². The van der Waals surface area contributed by atoms with Crippen molar-refractivity contribution in [3.63, 3.8) is 0 Å². The van der Waals surface area contributed by atoms with Crippen LogP contribution in [0.3, 0.4) is 0 Å².